The van der Waals surface area contributed by atoms with Crippen LogP contribution in [0.4, 0.5) is 8.78 Å². The highest BCUT2D eigenvalue weighted by Crippen LogP contribution is 2.41. The topological polar surface area (TPSA) is 87.8 Å². The van der Waals surface area contributed by atoms with E-state index < -0.39 is 29.4 Å². The Bertz CT molecular complexity index is 1270. The molecule has 0 unspecified atom stereocenters. The molecule has 2 aromatic heterocycles. The van der Waals surface area contributed by atoms with Gasteiger partial charge >= 0.3 is 0 Å². The van der Waals surface area contributed by atoms with Gasteiger partial charge in [-0.3, -0.25) is 4.98 Å². The number of hydrogen-bond donors (Lipinski definition) is 1. The minimum atomic E-state index is -4.12. The van der Waals surface area contributed by atoms with Crippen molar-refractivity contribution in [1.82, 2.24) is 14.3 Å². The second kappa shape index (κ2) is 8.96. The first-order valence-corrected chi connectivity index (χ1v) is 12.0. The van der Waals surface area contributed by atoms with E-state index in [4.69, 9.17) is 0 Å². The van der Waals surface area contributed by atoms with Gasteiger partial charge in [0.05, 0.1) is 28.5 Å². The zero-order valence-electron chi connectivity index (χ0n) is 17.7. The molecular formula is C23H24F2N4O2S. The van der Waals surface area contributed by atoms with Crippen LogP contribution in [-0.2, 0) is 10.0 Å². The summed E-state index contributed by atoms with van der Waals surface area (Å²) in [4.78, 5) is 4.17. The molecular weight excluding hydrogens is 434 g/mol. The number of fused-ring (bicyclic) bond motifs is 1. The largest absolute Gasteiger partial charge is 0.335 e. The molecule has 1 saturated carbocycles. The molecule has 32 heavy (non-hydrogen) atoms. The molecule has 6 nitrogen and oxygen atoms in total. The summed E-state index contributed by atoms with van der Waals surface area (Å²) in [6, 6.07) is 9.97. The summed E-state index contributed by atoms with van der Waals surface area (Å²) in [7, 11) is -4.12. The van der Waals surface area contributed by atoms with Gasteiger partial charge in [0, 0.05) is 17.6 Å². The lowest BCUT2D eigenvalue weighted by Gasteiger charge is -2.18. The van der Waals surface area contributed by atoms with Crippen LogP contribution in [0.5, 0.6) is 0 Å². The fourth-order valence-electron chi connectivity index (χ4n) is 4.40. The van der Waals surface area contributed by atoms with Gasteiger partial charge in [-0.25, -0.2) is 21.9 Å². The van der Waals surface area contributed by atoms with Crippen molar-refractivity contribution < 1.29 is 17.2 Å². The second-order valence-corrected chi connectivity index (χ2v) is 9.88. The zero-order chi connectivity index (χ0) is 22.9. The van der Waals surface area contributed by atoms with Crippen molar-refractivity contribution in [3.05, 3.63) is 47.7 Å². The van der Waals surface area contributed by atoms with Gasteiger partial charge in [0.2, 0.25) is 10.0 Å². The van der Waals surface area contributed by atoms with Gasteiger partial charge in [-0.05, 0) is 43.5 Å². The van der Waals surface area contributed by atoms with Crippen molar-refractivity contribution in [3.8, 4) is 17.5 Å². The standard InChI is InChI=1S/C23H24F2N4O2S/c1-15-6-8-19-20(13-26)23(29(22(19)10-15)17-4-2-3-5-17)21-9-7-18(14-27-21)32(30,31)28-16(11-24)12-25/h6-10,14,16-17,28H,2-5,11-12H2,1H3. The molecule has 1 N–H and O–H groups in total. The SMILES string of the molecule is Cc1ccc2c(C#N)c(-c3ccc(S(=O)(=O)NC(CF)CF)cn3)n(C3CCCC3)c2c1. The van der Waals surface area contributed by atoms with Crippen molar-refractivity contribution >= 4 is 20.9 Å². The van der Waals surface area contributed by atoms with E-state index in [9.17, 15) is 22.5 Å². The number of nitrogens with one attached hydrogen (secondary N) is 1. The predicted molar refractivity (Wildman–Crippen MR) is 118 cm³/mol. The van der Waals surface area contributed by atoms with Crippen LogP contribution >= 0.6 is 0 Å². The fraction of sp³-hybridized carbons (Fsp3) is 0.391. The molecule has 0 saturated heterocycles. The van der Waals surface area contributed by atoms with Gasteiger partial charge in [-0.15, -0.1) is 0 Å². The quantitative estimate of drug-likeness (QED) is 0.561. The van der Waals surface area contributed by atoms with E-state index >= 15 is 0 Å². The monoisotopic (exact) mass is 458 g/mol. The number of pyridine rings is 1. The summed E-state index contributed by atoms with van der Waals surface area (Å²) < 4.78 is 54.6. The van der Waals surface area contributed by atoms with E-state index in [0.29, 0.717) is 17.0 Å². The highest BCUT2D eigenvalue weighted by atomic mass is 32.2. The van der Waals surface area contributed by atoms with Crippen LogP contribution < -0.4 is 4.72 Å². The van der Waals surface area contributed by atoms with Crippen LogP contribution in [0.1, 0.15) is 42.9 Å². The third-order valence-corrected chi connectivity index (χ3v) is 7.45. The first-order chi connectivity index (χ1) is 15.4. The predicted octanol–water partition coefficient (Wildman–Crippen LogP) is 4.58. The number of alkyl halides is 2. The Hall–Kier alpha value is -2.83. The number of nitriles is 1. The Balaban J connectivity index is 1.83. The maximum atomic E-state index is 12.8. The van der Waals surface area contributed by atoms with Crippen molar-refractivity contribution in [3.63, 3.8) is 0 Å². The molecule has 1 aliphatic carbocycles. The maximum Gasteiger partial charge on any atom is 0.242 e. The minimum absolute atomic E-state index is 0.189. The smallest absolute Gasteiger partial charge is 0.242 e. The van der Waals surface area contributed by atoms with Crippen molar-refractivity contribution in [1.29, 1.82) is 5.26 Å². The Labute approximate surface area is 185 Å². The second-order valence-electron chi connectivity index (χ2n) is 8.17. The number of hydrogen-bond acceptors (Lipinski definition) is 4. The van der Waals surface area contributed by atoms with Crippen LogP contribution in [0.25, 0.3) is 22.3 Å². The van der Waals surface area contributed by atoms with Crippen LogP contribution in [0.3, 0.4) is 0 Å². The van der Waals surface area contributed by atoms with Crippen LogP contribution in [0, 0.1) is 18.3 Å². The van der Waals surface area contributed by atoms with Gasteiger partial charge in [-0.2, -0.15) is 5.26 Å². The third kappa shape index (κ3) is 4.00. The molecule has 0 atom stereocenters. The van der Waals surface area contributed by atoms with E-state index in [1.54, 1.807) is 6.07 Å². The molecule has 168 valence electrons. The lowest BCUT2D eigenvalue weighted by Crippen LogP contribution is -2.37. The number of nitrogens with zero attached hydrogens (tertiary/aromatic N) is 3. The fourth-order valence-corrected chi connectivity index (χ4v) is 5.54. The van der Waals surface area contributed by atoms with Gasteiger partial charge < -0.3 is 4.57 Å². The average Bonchev–Trinajstić information content (AvgIpc) is 3.42. The van der Waals surface area contributed by atoms with E-state index in [0.717, 1.165) is 48.3 Å². The number of benzene rings is 1. The molecule has 1 aliphatic rings. The van der Waals surface area contributed by atoms with Gasteiger partial charge in [0.15, 0.2) is 0 Å². The Morgan fingerprint density at radius 3 is 2.53 bits per heavy atom. The molecule has 0 aliphatic heterocycles. The van der Waals surface area contributed by atoms with Gasteiger partial charge in [0.1, 0.15) is 24.3 Å². The molecule has 4 rings (SSSR count). The summed E-state index contributed by atoms with van der Waals surface area (Å²) in [6.07, 6.45) is 5.38. The number of sulfonamides is 1. The van der Waals surface area contributed by atoms with Crippen LogP contribution in [0.15, 0.2) is 41.4 Å². The van der Waals surface area contributed by atoms with Crippen LogP contribution in [-0.4, -0.2) is 37.4 Å². The maximum absolute atomic E-state index is 12.8. The average molecular weight is 459 g/mol. The molecule has 0 amide bonds. The highest BCUT2D eigenvalue weighted by Gasteiger charge is 2.27. The number of aromatic nitrogens is 2. The molecule has 9 heteroatoms. The highest BCUT2D eigenvalue weighted by molar-refractivity contribution is 7.89. The summed E-state index contributed by atoms with van der Waals surface area (Å²) in [5.41, 5.74) is 3.71. The van der Waals surface area contributed by atoms with E-state index in [1.807, 2.05) is 23.8 Å². The van der Waals surface area contributed by atoms with Crippen molar-refractivity contribution in [2.45, 2.75) is 49.6 Å². The van der Waals surface area contributed by atoms with Crippen molar-refractivity contribution in [2.75, 3.05) is 13.3 Å². The molecule has 1 aromatic carbocycles. The third-order valence-electron chi connectivity index (χ3n) is 5.95. The summed E-state index contributed by atoms with van der Waals surface area (Å²) in [5.74, 6) is 0. The van der Waals surface area contributed by atoms with Gasteiger partial charge in [0.25, 0.3) is 0 Å². The molecule has 2 heterocycles. The normalized spacial score (nSPS) is 15.0. The first kappa shape index (κ1) is 22.4. The molecule has 1 fully saturated rings. The summed E-state index contributed by atoms with van der Waals surface area (Å²) >= 11 is 0. The van der Waals surface area contributed by atoms with E-state index in [2.05, 4.69) is 21.7 Å². The zero-order valence-corrected chi connectivity index (χ0v) is 18.5. The summed E-state index contributed by atoms with van der Waals surface area (Å²) in [6.45, 7) is -0.286. The lowest BCUT2D eigenvalue weighted by atomic mass is 10.1. The minimum Gasteiger partial charge on any atom is -0.335 e. The first-order valence-electron chi connectivity index (χ1n) is 10.5. The Kier molecular flexibility index (Phi) is 6.26. The molecule has 0 radical (unpaired) electrons. The number of rotatable bonds is 7. The Morgan fingerprint density at radius 2 is 1.94 bits per heavy atom. The molecule has 0 spiro atoms. The molecule has 3 aromatic rings. The number of halogens is 2. The van der Waals surface area contributed by atoms with Gasteiger partial charge in [-0.1, -0.05) is 25.0 Å². The Morgan fingerprint density at radius 1 is 1.22 bits per heavy atom. The lowest BCUT2D eigenvalue weighted by molar-refractivity contribution is 0.334. The number of aryl methyl sites for hydroxylation is 1. The summed E-state index contributed by atoms with van der Waals surface area (Å²) in [5, 5.41) is 10.8. The van der Waals surface area contributed by atoms with E-state index in [1.165, 1.54) is 6.07 Å². The van der Waals surface area contributed by atoms with Crippen molar-refractivity contribution in [2.24, 2.45) is 0 Å². The van der Waals surface area contributed by atoms with Crippen LogP contribution in [0.2, 0.25) is 0 Å². The molecule has 0 bridgehead atoms. The van der Waals surface area contributed by atoms with E-state index in [-0.39, 0.29) is 10.9 Å².